The van der Waals surface area contributed by atoms with Crippen molar-refractivity contribution < 1.29 is 0 Å². The van der Waals surface area contributed by atoms with Crippen molar-refractivity contribution in [2.75, 3.05) is 18.0 Å². The molecule has 94 valence electrons. The van der Waals surface area contributed by atoms with E-state index >= 15 is 0 Å². The average Bonchev–Trinajstić information content (AvgIpc) is 3.23. The van der Waals surface area contributed by atoms with Crippen LogP contribution in [-0.4, -0.2) is 13.1 Å². The molecule has 0 heterocycles. The Balaban J connectivity index is 1.78. The van der Waals surface area contributed by atoms with Crippen LogP contribution in [0.4, 0.5) is 5.69 Å². The first-order chi connectivity index (χ1) is 8.76. The summed E-state index contributed by atoms with van der Waals surface area (Å²) in [4.78, 5) is 2.52. The van der Waals surface area contributed by atoms with E-state index in [1.54, 1.807) is 0 Å². The van der Waals surface area contributed by atoms with Gasteiger partial charge in [-0.25, -0.2) is 0 Å². The van der Waals surface area contributed by atoms with E-state index in [1.165, 1.54) is 44.5 Å². The smallest absolute Gasteiger partial charge is 0.100 e. The maximum Gasteiger partial charge on any atom is 0.100 e. The first-order valence-corrected chi connectivity index (χ1v) is 7.50. The van der Waals surface area contributed by atoms with Gasteiger partial charge in [0.05, 0.1) is 5.56 Å². The monoisotopic (exact) mass is 304 g/mol. The number of nitrogens with zero attached hydrogens (tertiary/aromatic N) is 2. The Kier molecular flexibility index (Phi) is 3.30. The molecule has 0 atom stereocenters. The van der Waals surface area contributed by atoms with E-state index in [1.807, 2.05) is 6.07 Å². The molecule has 0 spiro atoms. The quantitative estimate of drug-likeness (QED) is 0.823. The zero-order chi connectivity index (χ0) is 12.5. The van der Waals surface area contributed by atoms with Crippen LogP contribution in [0.3, 0.4) is 0 Å². The third kappa shape index (κ3) is 2.87. The van der Waals surface area contributed by atoms with Gasteiger partial charge in [-0.1, -0.05) is 0 Å². The number of benzene rings is 1. The largest absolute Gasteiger partial charge is 0.371 e. The number of hydrogen-bond acceptors (Lipinski definition) is 2. The van der Waals surface area contributed by atoms with E-state index < -0.39 is 0 Å². The first-order valence-electron chi connectivity index (χ1n) is 6.71. The first kappa shape index (κ1) is 12.0. The predicted octanol–water partition coefficient (Wildman–Crippen LogP) is 3.95. The zero-order valence-corrected chi connectivity index (χ0v) is 12.0. The van der Waals surface area contributed by atoms with Crippen LogP contribution in [0.2, 0.25) is 0 Å². The van der Waals surface area contributed by atoms with Crippen LogP contribution in [0.5, 0.6) is 0 Å². The van der Waals surface area contributed by atoms with Gasteiger partial charge in [0.15, 0.2) is 0 Å². The summed E-state index contributed by atoms with van der Waals surface area (Å²) in [5, 5.41) is 8.97. The van der Waals surface area contributed by atoms with Crippen LogP contribution in [0.25, 0.3) is 0 Å². The van der Waals surface area contributed by atoms with Gasteiger partial charge >= 0.3 is 0 Å². The van der Waals surface area contributed by atoms with E-state index in [-0.39, 0.29) is 0 Å². The van der Waals surface area contributed by atoms with Gasteiger partial charge in [0.1, 0.15) is 6.07 Å². The van der Waals surface area contributed by atoms with Crippen molar-refractivity contribution in [3.63, 3.8) is 0 Å². The second-order valence-electron chi connectivity index (χ2n) is 5.57. The van der Waals surface area contributed by atoms with Crippen molar-refractivity contribution in [1.29, 1.82) is 5.26 Å². The summed E-state index contributed by atoms with van der Waals surface area (Å²) < 4.78 is 0.916. The molecule has 0 N–H and O–H groups in total. The Labute approximate surface area is 117 Å². The lowest BCUT2D eigenvalue weighted by molar-refractivity contribution is 0.679. The third-order valence-corrected chi connectivity index (χ3v) is 4.45. The Hall–Kier alpha value is -1.01. The molecule has 0 bridgehead atoms. The van der Waals surface area contributed by atoms with Gasteiger partial charge in [0, 0.05) is 23.2 Å². The summed E-state index contributed by atoms with van der Waals surface area (Å²) in [7, 11) is 0. The highest BCUT2D eigenvalue weighted by molar-refractivity contribution is 9.10. The van der Waals surface area contributed by atoms with Gasteiger partial charge < -0.3 is 4.90 Å². The molecule has 18 heavy (non-hydrogen) atoms. The summed E-state index contributed by atoms with van der Waals surface area (Å²) in [6.45, 7) is 2.38. The van der Waals surface area contributed by atoms with Crippen LogP contribution in [0.15, 0.2) is 22.7 Å². The van der Waals surface area contributed by atoms with Gasteiger partial charge in [0.25, 0.3) is 0 Å². The van der Waals surface area contributed by atoms with Gasteiger partial charge in [-0.15, -0.1) is 0 Å². The summed E-state index contributed by atoms with van der Waals surface area (Å²) in [6.07, 6.45) is 5.55. The standard InChI is InChI=1S/C15H17BrN2/c16-15-7-14(6-5-13(15)8-17)18(9-11-1-2-11)10-12-3-4-12/h5-7,11-12H,1-4,9-10H2. The lowest BCUT2D eigenvalue weighted by Crippen LogP contribution is -2.28. The van der Waals surface area contributed by atoms with Gasteiger partial charge in [0.2, 0.25) is 0 Å². The van der Waals surface area contributed by atoms with Gasteiger partial charge in [-0.3, -0.25) is 0 Å². The van der Waals surface area contributed by atoms with E-state index in [0.717, 1.165) is 21.9 Å². The lowest BCUT2D eigenvalue weighted by atomic mass is 10.2. The molecule has 0 aromatic heterocycles. The number of hydrogen-bond donors (Lipinski definition) is 0. The maximum absolute atomic E-state index is 8.97. The minimum atomic E-state index is 0.719. The Morgan fingerprint density at radius 2 is 1.78 bits per heavy atom. The van der Waals surface area contributed by atoms with Crippen molar-refractivity contribution in [1.82, 2.24) is 0 Å². The highest BCUT2D eigenvalue weighted by Gasteiger charge is 2.29. The fraction of sp³-hybridized carbons (Fsp3) is 0.533. The van der Waals surface area contributed by atoms with E-state index in [2.05, 4.69) is 39.0 Å². The Morgan fingerprint density at radius 3 is 2.22 bits per heavy atom. The van der Waals surface area contributed by atoms with Crippen molar-refractivity contribution in [2.24, 2.45) is 11.8 Å². The topological polar surface area (TPSA) is 27.0 Å². The molecule has 2 saturated carbocycles. The van der Waals surface area contributed by atoms with Gasteiger partial charge in [-0.2, -0.15) is 5.26 Å². The fourth-order valence-electron chi connectivity index (χ4n) is 2.30. The molecule has 2 aliphatic rings. The van der Waals surface area contributed by atoms with Crippen molar-refractivity contribution >= 4 is 21.6 Å². The summed E-state index contributed by atoms with van der Waals surface area (Å²) in [5.41, 5.74) is 1.98. The van der Waals surface area contributed by atoms with Gasteiger partial charge in [-0.05, 0) is 71.6 Å². The minimum Gasteiger partial charge on any atom is -0.371 e. The average molecular weight is 305 g/mol. The third-order valence-electron chi connectivity index (χ3n) is 3.79. The Bertz CT molecular complexity index is 470. The van der Waals surface area contributed by atoms with Crippen LogP contribution in [0, 0.1) is 23.2 Å². The fourth-order valence-corrected chi connectivity index (χ4v) is 2.76. The maximum atomic E-state index is 8.97. The molecule has 0 radical (unpaired) electrons. The molecule has 2 aliphatic carbocycles. The normalized spacial score (nSPS) is 18.4. The molecule has 2 fully saturated rings. The summed E-state index contributed by atoms with van der Waals surface area (Å²) >= 11 is 3.49. The molecule has 1 aromatic rings. The molecule has 3 rings (SSSR count). The number of halogens is 1. The highest BCUT2D eigenvalue weighted by Crippen LogP contribution is 2.36. The molecule has 0 saturated heterocycles. The molecule has 2 nitrogen and oxygen atoms in total. The summed E-state index contributed by atoms with van der Waals surface area (Å²) in [6, 6.07) is 8.32. The number of rotatable bonds is 5. The van der Waals surface area contributed by atoms with E-state index in [0.29, 0.717) is 0 Å². The molecule has 0 amide bonds. The van der Waals surface area contributed by atoms with Crippen LogP contribution >= 0.6 is 15.9 Å². The molecular weight excluding hydrogens is 288 g/mol. The molecule has 1 aromatic carbocycles. The SMILES string of the molecule is N#Cc1ccc(N(CC2CC2)CC2CC2)cc1Br. The van der Waals surface area contributed by atoms with Crippen LogP contribution < -0.4 is 4.90 Å². The molecule has 0 aliphatic heterocycles. The second-order valence-corrected chi connectivity index (χ2v) is 6.42. The lowest BCUT2D eigenvalue weighted by Gasteiger charge is -2.25. The number of anilines is 1. The van der Waals surface area contributed by atoms with Crippen molar-refractivity contribution in [3.05, 3.63) is 28.2 Å². The Morgan fingerprint density at radius 1 is 1.17 bits per heavy atom. The molecule has 0 unspecified atom stereocenters. The zero-order valence-electron chi connectivity index (χ0n) is 10.4. The number of nitriles is 1. The highest BCUT2D eigenvalue weighted by atomic mass is 79.9. The predicted molar refractivity (Wildman–Crippen MR) is 76.5 cm³/mol. The van der Waals surface area contributed by atoms with Crippen LogP contribution in [0.1, 0.15) is 31.2 Å². The summed E-state index contributed by atoms with van der Waals surface area (Å²) in [5.74, 6) is 1.80. The molecule has 3 heteroatoms. The second kappa shape index (κ2) is 4.93. The minimum absolute atomic E-state index is 0.719. The van der Waals surface area contributed by atoms with Crippen molar-refractivity contribution in [2.45, 2.75) is 25.7 Å². The van der Waals surface area contributed by atoms with E-state index in [4.69, 9.17) is 5.26 Å². The van der Waals surface area contributed by atoms with E-state index in [9.17, 15) is 0 Å². The van der Waals surface area contributed by atoms with Crippen LogP contribution in [-0.2, 0) is 0 Å². The molecular formula is C15H17BrN2. The van der Waals surface area contributed by atoms with Crippen molar-refractivity contribution in [3.8, 4) is 6.07 Å².